The van der Waals surface area contributed by atoms with Crippen LogP contribution >= 0.6 is 0 Å². The highest BCUT2D eigenvalue weighted by Crippen LogP contribution is 2.28. The second kappa shape index (κ2) is 5.02. The van der Waals surface area contributed by atoms with Crippen LogP contribution in [0, 0.1) is 18.7 Å². The van der Waals surface area contributed by atoms with Gasteiger partial charge in [0.1, 0.15) is 5.82 Å². The third kappa shape index (κ3) is 2.48. The summed E-state index contributed by atoms with van der Waals surface area (Å²) in [5, 5.41) is 0. The van der Waals surface area contributed by atoms with Gasteiger partial charge in [-0.05, 0) is 25.5 Å². The Morgan fingerprint density at radius 2 is 2.10 bits per heavy atom. The van der Waals surface area contributed by atoms with Gasteiger partial charge in [-0.3, -0.25) is 4.79 Å². The smallest absolute Gasteiger partial charge is 0.243 e. The topological polar surface area (TPSA) is 106 Å². The third-order valence-corrected chi connectivity index (χ3v) is 5.48. The molecule has 1 heterocycles. The summed E-state index contributed by atoms with van der Waals surface area (Å²) < 4.78 is 39.7. The van der Waals surface area contributed by atoms with Gasteiger partial charge >= 0.3 is 0 Å². The first-order chi connectivity index (χ1) is 9.23. The molecule has 1 unspecified atom stereocenters. The molecule has 1 saturated heterocycles. The van der Waals surface area contributed by atoms with Gasteiger partial charge in [0.15, 0.2) is 0 Å². The molecule has 1 aliphatic heterocycles. The molecule has 1 aromatic rings. The minimum atomic E-state index is -3.88. The molecule has 0 spiro atoms. The summed E-state index contributed by atoms with van der Waals surface area (Å²) in [6, 6.07) is 2.30. The Hall–Kier alpha value is -1.67. The van der Waals surface area contributed by atoms with E-state index < -0.39 is 27.7 Å². The third-order valence-electron chi connectivity index (χ3n) is 3.49. The van der Waals surface area contributed by atoms with Crippen LogP contribution in [-0.2, 0) is 14.8 Å². The number of rotatable bonds is 3. The Bertz CT molecular complexity index is 660. The SMILES string of the molecule is Cc1c(F)cc(N)cc1S(=O)(=O)N1CCC(C(N)=O)C1. The lowest BCUT2D eigenvalue weighted by Crippen LogP contribution is -2.32. The molecule has 2 rings (SSSR count). The van der Waals surface area contributed by atoms with E-state index in [0.717, 1.165) is 10.4 Å². The van der Waals surface area contributed by atoms with Crippen LogP contribution < -0.4 is 11.5 Å². The van der Waals surface area contributed by atoms with Crippen molar-refractivity contribution in [3.63, 3.8) is 0 Å². The van der Waals surface area contributed by atoms with E-state index in [0.29, 0.717) is 6.42 Å². The molecule has 0 saturated carbocycles. The van der Waals surface area contributed by atoms with Gasteiger partial charge in [-0.2, -0.15) is 4.31 Å². The molecule has 1 aliphatic rings. The van der Waals surface area contributed by atoms with Crippen molar-refractivity contribution in [3.05, 3.63) is 23.5 Å². The summed E-state index contributed by atoms with van der Waals surface area (Å²) in [5.41, 5.74) is 10.7. The minimum absolute atomic E-state index is 0.0155. The van der Waals surface area contributed by atoms with Crippen molar-refractivity contribution in [2.24, 2.45) is 11.7 Å². The van der Waals surface area contributed by atoms with Crippen molar-refractivity contribution < 1.29 is 17.6 Å². The number of carbonyl (C=O) groups is 1. The monoisotopic (exact) mass is 301 g/mol. The molecule has 1 fully saturated rings. The maximum atomic E-state index is 13.6. The summed E-state index contributed by atoms with van der Waals surface area (Å²) in [5.74, 6) is -1.71. The van der Waals surface area contributed by atoms with Gasteiger partial charge < -0.3 is 11.5 Å². The first kappa shape index (κ1) is 14.7. The van der Waals surface area contributed by atoms with E-state index in [9.17, 15) is 17.6 Å². The van der Waals surface area contributed by atoms with Crippen molar-refractivity contribution in [1.29, 1.82) is 0 Å². The number of halogens is 1. The van der Waals surface area contributed by atoms with Crippen molar-refractivity contribution in [2.45, 2.75) is 18.2 Å². The average Bonchev–Trinajstić information content (AvgIpc) is 2.83. The molecular formula is C12H16FN3O3S. The van der Waals surface area contributed by atoms with Crippen LogP contribution in [0.3, 0.4) is 0 Å². The molecule has 0 radical (unpaired) electrons. The number of anilines is 1. The van der Waals surface area contributed by atoms with Gasteiger partial charge in [-0.25, -0.2) is 12.8 Å². The fraction of sp³-hybridized carbons (Fsp3) is 0.417. The minimum Gasteiger partial charge on any atom is -0.399 e. The number of sulfonamides is 1. The standard InChI is InChI=1S/C12H16FN3O3S/c1-7-10(13)4-9(14)5-11(7)20(18,19)16-3-2-8(6-16)12(15)17/h4-5,8H,2-3,6,14H2,1H3,(H2,15,17). The van der Waals surface area contributed by atoms with Crippen LogP contribution in [0.2, 0.25) is 0 Å². The summed E-state index contributed by atoms with van der Waals surface area (Å²) >= 11 is 0. The van der Waals surface area contributed by atoms with Crippen LogP contribution in [0.5, 0.6) is 0 Å². The summed E-state index contributed by atoms with van der Waals surface area (Å²) in [6.45, 7) is 1.59. The van der Waals surface area contributed by atoms with Gasteiger partial charge in [0, 0.05) is 24.3 Å². The van der Waals surface area contributed by atoms with E-state index in [1.807, 2.05) is 0 Å². The number of hydrogen-bond acceptors (Lipinski definition) is 4. The van der Waals surface area contributed by atoms with Gasteiger partial charge in [0.05, 0.1) is 10.8 Å². The zero-order valence-corrected chi connectivity index (χ0v) is 11.8. The predicted octanol–water partition coefficient (Wildman–Crippen LogP) is 0.212. The lowest BCUT2D eigenvalue weighted by atomic mass is 10.1. The number of nitrogens with zero attached hydrogens (tertiary/aromatic N) is 1. The van der Waals surface area contributed by atoms with E-state index in [2.05, 4.69) is 0 Å². The Balaban J connectivity index is 2.40. The highest BCUT2D eigenvalue weighted by molar-refractivity contribution is 7.89. The highest BCUT2D eigenvalue weighted by Gasteiger charge is 2.36. The molecular weight excluding hydrogens is 285 g/mol. The molecule has 6 nitrogen and oxygen atoms in total. The zero-order chi connectivity index (χ0) is 15.1. The Labute approximate surface area is 116 Å². The predicted molar refractivity (Wildman–Crippen MR) is 71.6 cm³/mol. The first-order valence-corrected chi connectivity index (χ1v) is 7.52. The number of amides is 1. The van der Waals surface area contributed by atoms with E-state index in [1.54, 1.807) is 0 Å². The fourth-order valence-corrected chi connectivity index (χ4v) is 4.03. The van der Waals surface area contributed by atoms with Crippen LogP contribution in [0.25, 0.3) is 0 Å². The molecule has 1 amide bonds. The Morgan fingerprint density at radius 3 is 2.65 bits per heavy atom. The number of nitrogens with two attached hydrogens (primary N) is 2. The number of hydrogen-bond donors (Lipinski definition) is 2. The molecule has 0 aromatic heterocycles. The average molecular weight is 301 g/mol. The van der Waals surface area contributed by atoms with E-state index in [-0.39, 0.29) is 29.2 Å². The molecule has 1 aromatic carbocycles. The molecule has 0 aliphatic carbocycles. The Morgan fingerprint density at radius 1 is 1.45 bits per heavy atom. The van der Waals surface area contributed by atoms with Crippen molar-refractivity contribution in [3.8, 4) is 0 Å². The van der Waals surface area contributed by atoms with Crippen LogP contribution in [0.4, 0.5) is 10.1 Å². The molecule has 20 heavy (non-hydrogen) atoms. The summed E-state index contributed by atoms with van der Waals surface area (Å²) in [6.07, 6.45) is 0.373. The Kier molecular flexibility index (Phi) is 3.70. The van der Waals surface area contributed by atoms with Crippen LogP contribution in [0.1, 0.15) is 12.0 Å². The van der Waals surface area contributed by atoms with E-state index in [1.165, 1.54) is 13.0 Å². The summed E-state index contributed by atoms with van der Waals surface area (Å²) in [7, 11) is -3.88. The zero-order valence-electron chi connectivity index (χ0n) is 11.0. The van der Waals surface area contributed by atoms with Crippen molar-refractivity contribution >= 4 is 21.6 Å². The maximum Gasteiger partial charge on any atom is 0.243 e. The number of carbonyl (C=O) groups excluding carboxylic acids is 1. The lowest BCUT2D eigenvalue weighted by Gasteiger charge is -2.18. The molecule has 8 heteroatoms. The second-order valence-corrected chi connectivity index (χ2v) is 6.78. The lowest BCUT2D eigenvalue weighted by molar-refractivity contribution is -0.121. The van der Waals surface area contributed by atoms with E-state index >= 15 is 0 Å². The number of benzene rings is 1. The van der Waals surface area contributed by atoms with Crippen molar-refractivity contribution in [2.75, 3.05) is 18.8 Å². The molecule has 4 N–H and O–H groups in total. The van der Waals surface area contributed by atoms with E-state index in [4.69, 9.17) is 11.5 Å². The molecule has 110 valence electrons. The fourth-order valence-electron chi connectivity index (χ4n) is 2.26. The maximum absolute atomic E-state index is 13.6. The normalized spacial score (nSPS) is 20.2. The van der Waals surface area contributed by atoms with Crippen LogP contribution in [-0.4, -0.2) is 31.7 Å². The number of primary amides is 1. The van der Waals surface area contributed by atoms with Gasteiger partial charge in [-0.15, -0.1) is 0 Å². The van der Waals surface area contributed by atoms with Gasteiger partial charge in [0.2, 0.25) is 15.9 Å². The molecule has 0 bridgehead atoms. The number of nitrogen functional groups attached to an aromatic ring is 1. The van der Waals surface area contributed by atoms with Crippen molar-refractivity contribution in [1.82, 2.24) is 4.31 Å². The van der Waals surface area contributed by atoms with Crippen LogP contribution in [0.15, 0.2) is 17.0 Å². The van der Waals surface area contributed by atoms with Gasteiger partial charge in [-0.1, -0.05) is 0 Å². The largest absolute Gasteiger partial charge is 0.399 e. The quantitative estimate of drug-likeness (QED) is 0.778. The van der Waals surface area contributed by atoms with Gasteiger partial charge in [0.25, 0.3) is 0 Å². The summed E-state index contributed by atoms with van der Waals surface area (Å²) in [4.78, 5) is 10.9. The molecule has 1 atom stereocenters. The second-order valence-electron chi connectivity index (χ2n) is 4.88. The highest BCUT2D eigenvalue weighted by atomic mass is 32.2. The first-order valence-electron chi connectivity index (χ1n) is 6.08.